The van der Waals surface area contributed by atoms with Gasteiger partial charge in [0.25, 0.3) is 0 Å². The quantitative estimate of drug-likeness (QED) is 0.161. The fraction of sp³-hybridized carbons (Fsp3) is 0.145. The van der Waals surface area contributed by atoms with Gasteiger partial charge in [-0.1, -0.05) is 199 Å². The molecule has 0 unspecified atom stereocenters. The summed E-state index contributed by atoms with van der Waals surface area (Å²) in [6.07, 6.45) is 0. The Kier molecular flexibility index (Phi) is 8.70. The third kappa shape index (κ3) is 6.38. The highest BCUT2D eigenvalue weighted by Gasteiger charge is 2.23. The van der Waals surface area contributed by atoms with E-state index in [9.17, 15) is 0 Å². The maximum absolute atomic E-state index is 5.56. The number of rotatable bonds is 5. The van der Waals surface area contributed by atoms with Gasteiger partial charge in [-0.2, -0.15) is 0 Å². The number of fused-ring (bicyclic) bond motifs is 3. The summed E-state index contributed by atoms with van der Waals surface area (Å²) in [6, 6.07) is 64.5. The van der Waals surface area contributed by atoms with Crippen LogP contribution in [0.4, 0.5) is 0 Å². The lowest BCUT2D eigenvalue weighted by Crippen LogP contribution is -2.16. The van der Waals surface area contributed by atoms with E-state index in [1.165, 1.54) is 66.1 Å². The second-order valence-corrected chi connectivity index (χ2v) is 17.2. The average molecular weight is 722 g/mol. The molecule has 0 saturated heterocycles. The molecule has 1 heteroatoms. The van der Waals surface area contributed by atoms with E-state index in [1.54, 1.807) is 0 Å². The van der Waals surface area contributed by atoms with Gasteiger partial charge in [0.05, 0.1) is 11.2 Å². The van der Waals surface area contributed by atoms with Gasteiger partial charge in [-0.05, 0) is 101 Å². The van der Waals surface area contributed by atoms with E-state index in [4.69, 9.17) is 4.98 Å². The van der Waals surface area contributed by atoms with Crippen LogP contribution in [0.2, 0.25) is 0 Å². The summed E-state index contributed by atoms with van der Waals surface area (Å²) in [5.41, 5.74) is 15.5. The maximum Gasteiger partial charge on any atom is 0.0794 e. The third-order valence-corrected chi connectivity index (χ3v) is 11.4. The van der Waals surface area contributed by atoms with E-state index < -0.39 is 0 Å². The number of benzene rings is 8. The van der Waals surface area contributed by atoms with Crippen molar-refractivity contribution in [3.05, 3.63) is 187 Å². The van der Waals surface area contributed by atoms with Crippen LogP contribution in [-0.4, -0.2) is 4.98 Å². The van der Waals surface area contributed by atoms with Crippen molar-refractivity contribution >= 4 is 32.4 Å². The average Bonchev–Trinajstić information content (AvgIpc) is 3.22. The summed E-state index contributed by atoms with van der Waals surface area (Å²) in [5.74, 6) is 0. The topological polar surface area (TPSA) is 12.9 Å². The monoisotopic (exact) mass is 721 g/mol. The molecule has 0 bridgehead atoms. The smallest absolute Gasteiger partial charge is 0.0794 e. The number of nitrogens with zero attached hydrogens (tertiary/aromatic N) is 1. The Morgan fingerprint density at radius 1 is 0.321 bits per heavy atom. The van der Waals surface area contributed by atoms with Gasteiger partial charge in [-0.15, -0.1) is 0 Å². The first kappa shape index (κ1) is 35.4. The summed E-state index contributed by atoms with van der Waals surface area (Å²) in [4.78, 5) is 5.56. The summed E-state index contributed by atoms with van der Waals surface area (Å²) >= 11 is 0. The van der Waals surface area contributed by atoms with Crippen LogP contribution >= 0.6 is 0 Å². The molecule has 56 heavy (non-hydrogen) atoms. The Labute approximate surface area is 331 Å². The molecule has 0 radical (unpaired) electrons. The van der Waals surface area contributed by atoms with Crippen molar-refractivity contribution in [3.8, 4) is 55.8 Å². The first-order valence-corrected chi connectivity index (χ1v) is 19.8. The van der Waals surface area contributed by atoms with Gasteiger partial charge in [0.2, 0.25) is 0 Å². The number of aromatic nitrogens is 1. The van der Waals surface area contributed by atoms with E-state index in [2.05, 4.69) is 217 Å². The summed E-state index contributed by atoms with van der Waals surface area (Å²) < 4.78 is 0. The van der Waals surface area contributed by atoms with Gasteiger partial charge in [0, 0.05) is 16.5 Å². The van der Waals surface area contributed by atoms with E-state index in [-0.39, 0.29) is 10.8 Å². The largest absolute Gasteiger partial charge is 0.247 e. The van der Waals surface area contributed by atoms with Crippen molar-refractivity contribution in [2.75, 3.05) is 0 Å². The Morgan fingerprint density at radius 2 is 0.732 bits per heavy atom. The third-order valence-electron chi connectivity index (χ3n) is 11.4. The summed E-state index contributed by atoms with van der Waals surface area (Å²) in [6.45, 7) is 13.8. The van der Waals surface area contributed by atoms with Crippen LogP contribution in [0.5, 0.6) is 0 Å². The predicted molar refractivity (Wildman–Crippen MR) is 241 cm³/mol. The molecule has 0 atom stereocenters. The highest BCUT2D eigenvalue weighted by molar-refractivity contribution is 6.21. The van der Waals surface area contributed by atoms with E-state index in [0.717, 1.165) is 33.3 Å². The lowest BCUT2D eigenvalue weighted by Gasteiger charge is -2.26. The number of para-hydroxylation sites is 1. The Hall–Kier alpha value is -6.31. The molecule has 0 N–H and O–H groups in total. The molecule has 0 aliphatic heterocycles. The first-order chi connectivity index (χ1) is 27.0. The fourth-order valence-electron chi connectivity index (χ4n) is 8.30. The lowest BCUT2D eigenvalue weighted by atomic mass is 9.79. The molecule has 1 aromatic heterocycles. The van der Waals surface area contributed by atoms with Crippen molar-refractivity contribution in [3.63, 3.8) is 0 Å². The van der Waals surface area contributed by atoms with Gasteiger partial charge < -0.3 is 0 Å². The van der Waals surface area contributed by atoms with Crippen LogP contribution in [0.3, 0.4) is 0 Å². The van der Waals surface area contributed by atoms with Crippen LogP contribution in [0.25, 0.3) is 88.2 Å². The summed E-state index contributed by atoms with van der Waals surface area (Å²) in [5, 5.41) is 6.20. The van der Waals surface area contributed by atoms with Crippen LogP contribution in [0.15, 0.2) is 176 Å². The van der Waals surface area contributed by atoms with Gasteiger partial charge in [0.15, 0.2) is 0 Å². The van der Waals surface area contributed by atoms with Gasteiger partial charge in [-0.3, -0.25) is 0 Å². The lowest BCUT2D eigenvalue weighted by molar-refractivity contribution is 0.569. The minimum absolute atomic E-state index is 0.000539. The molecule has 272 valence electrons. The normalized spacial score (nSPS) is 12.1. The van der Waals surface area contributed by atoms with Crippen LogP contribution in [-0.2, 0) is 10.8 Å². The second-order valence-electron chi connectivity index (χ2n) is 17.2. The number of hydrogen-bond acceptors (Lipinski definition) is 1. The van der Waals surface area contributed by atoms with E-state index >= 15 is 0 Å². The van der Waals surface area contributed by atoms with Gasteiger partial charge in [-0.25, -0.2) is 4.98 Å². The SMILES string of the molecule is CC(C)(C)c1cc(-c2cc(-c3ccccc3)c3cccc(-c4ccc(-c5c6ccccc6c(-c6ccccc6)c6ccccc56)cc4)c3n2)cc(C(C)(C)C)c1. The molecule has 0 spiro atoms. The van der Waals surface area contributed by atoms with Crippen molar-refractivity contribution in [1.29, 1.82) is 0 Å². The standard InChI is InChI=1S/C55H47N/c1-54(2,3)41-32-40(33-42(34-41)55(4,5)6)50-35-49(36-18-9-7-10-19-36)48-27-17-26-43(53(48)56-50)37-28-30-39(31-29-37)52-46-24-15-13-22-44(46)51(38-20-11-8-12-21-38)45-23-14-16-25-47(45)52/h7-35H,1-6H3. The van der Waals surface area contributed by atoms with Crippen molar-refractivity contribution < 1.29 is 0 Å². The number of pyridine rings is 1. The van der Waals surface area contributed by atoms with E-state index in [0.29, 0.717) is 0 Å². The molecular formula is C55H47N. The number of hydrogen-bond donors (Lipinski definition) is 0. The molecule has 1 heterocycles. The van der Waals surface area contributed by atoms with Crippen molar-refractivity contribution in [1.82, 2.24) is 4.98 Å². The zero-order valence-electron chi connectivity index (χ0n) is 33.2. The van der Waals surface area contributed by atoms with E-state index in [1.807, 2.05) is 0 Å². The highest BCUT2D eigenvalue weighted by Crippen LogP contribution is 2.45. The van der Waals surface area contributed by atoms with Crippen molar-refractivity contribution in [2.45, 2.75) is 52.4 Å². The molecule has 1 nitrogen and oxygen atoms in total. The Balaban J connectivity index is 1.24. The van der Waals surface area contributed by atoms with Crippen LogP contribution in [0.1, 0.15) is 52.7 Å². The van der Waals surface area contributed by atoms with Crippen LogP contribution in [0, 0.1) is 0 Å². The molecule has 9 rings (SSSR count). The molecule has 0 saturated carbocycles. The molecular weight excluding hydrogens is 675 g/mol. The first-order valence-electron chi connectivity index (χ1n) is 19.8. The van der Waals surface area contributed by atoms with Gasteiger partial charge >= 0.3 is 0 Å². The second kappa shape index (κ2) is 13.8. The molecule has 8 aromatic carbocycles. The maximum atomic E-state index is 5.56. The molecule has 0 fully saturated rings. The predicted octanol–water partition coefficient (Wildman–Crippen LogP) is 15.5. The van der Waals surface area contributed by atoms with Crippen molar-refractivity contribution in [2.24, 2.45) is 0 Å². The van der Waals surface area contributed by atoms with Gasteiger partial charge in [0.1, 0.15) is 0 Å². The summed E-state index contributed by atoms with van der Waals surface area (Å²) in [7, 11) is 0. The minimum Gasteiger partial charge on any atom is -0.247 e. The molecule has 0 amide bonds. The Morgan fingerprint density at radius 3 is 1.23 bits per heavy atom. The highest BCUT2D eigenvalue weighted by atomic mass is 14.7. The Bertz CT molecular complexity index is 2800. The molecule has 0 aliphatic rings. The fourth-order valence-corrected chi connectivity index (χ4v) is 8.30. The van der Waals surface area contributed by atoms with Crippen LogP contribution < -0.4 is 0 Å². The molecule has 0 aliphatic carbocycles. The minimum atomic E-state index is 0.000539. The zero-order chi connectivity index (χ0) is 38.6. The zero-order valence-corrected chi connectivity index (χ0v) is 33.2. The molecule has 9 aromatic rings.